The Hall–Kier alpha value is -0.330. The maximum atomic E-state index is 11.8. The van der Waals surface area contributed by atoms with Crippen LogP contribution in [0.3, 0.4) is 0 Å². The summed E-state index contributed by atoms with van der Waals surface area (Å²) >= 11 is 0. The Labute approximate surface area is 92.2 Å². The SMILES string of the molecule is OC1CC2CCC(C1)N2CCOC(F)(F)F. The fraction of sp³-hybridized carbons (Fsp3) is 1.00. The predicted octanol–water partition coefficient (Wildman–Crippen LogP) is 1.51. The van der Waals surface area contributed by atoms with Gasteiger partial charge in [0, 0.05) is 18.6 Å². The number of hydrogen-bond acceptors (Lipinski definition) is 3. The molecule has 2 heterocycles. The first-order valence-corrected chi connectivity index (χ1v) is 5.60. The number of alkyl halides is 3. The number of halogens is 3. The minimum Gasteiger partial charge on any atom is -0.393 e. The largest absolute Gasteiger partial charge is 0.522 e. The first kappa shape index (κ1) is 12.1. The van der Waals surface area contributed by atoms with Crippen molar-refractivity contribution in [1.82, 2.24) is 4.90 Å². The second-order valence-corrected chi connectivity index (χ2v) is 4.54. The normalized spacial score (nSPS) is 35.6. The summed E-state index contributed by atoms with van der Waals surface area (Å²) < 4.78 is 39.2. The molecule has 2 unspecified atom stereocenters. The summed E-state index contributed by atoms with van der Waals surface area (Å²) in [6.07, 6.45) is -1.49. The molecule has 16 heavy (non-hydrogen) atoms. The Morgan fingerprint density at radius 1 is 1.19 bits per heavy atom. The van der Waals surface area contributed by atoms with Gasteiger partial charge in [-0.3, -0.25) is 9.64 Å². The summed E-state index contributed by atoms with van der Waals surface area (Å²) in [6, 6.07) is 0.483. The summed E-state index contributed by atoms with van der Waals surface area (Å²) in [5, 5.41) is 9.52. The molecule has 2 aliphatic heterocycles. The number of piperidine rings is 1. The van der Waals surface area contributed by atoms with Gasteiger partial charge in [0.1, 0.15) is 0 Å². The van der Waals surface area contributed by atoms with Crippen molar-refractivity contribution in [3.8, 4) is 0 Å². The van der Waals surface area contributed by atoms with Crippen LogP contribution in [0.4, 0.5) is 13.2 Å². The van der Waals surface area contributed by atoms with Gasteiger partial charge in [0.05, 0.1) is 12.7 Å². The second-order valence-electron chi connectivity index (χ2n) is 4.54. The van der Waals surface area contributed by atoms with Gasteiger partial charge in [-0.05, 0) is 25.7 Å². The lowest BCUT2D eigenvalue weighted by atomic mass is 10.0. The van der Waals surface area contributed by atoms with Crippen LogP contribution in [0.1, 0.15) is 25.7 Å². The van der Waals surface area contributed by atoms with E-state index in [0.717, 1.165) is 12.8 Å². The smallest absolute Gasteiger partial charge is 0.393 e. The van der Waals surface area contributed by atoms with Gasteiger partial charge in [-0.2, -0.15) is 0 Å². The van der Waals surface area contributed by atoms with E-state index in [4.69, 9.17) is 0 Å². The van der Waals surface area contributed by atoms with E-state index in [1.54, 1.807) is 0 Å². The summed E-state index contributed by atoms with van der Waals surface area (Å²) in [6.45, 7) is -0.00580. The molecule has 3 nitrogen and oxygen atoms in total. The quantitative estimate of drug-likeness (QED) is 0.810. The second kappa shape index (κ2) is 4.50. The van der Waals surface area contributed by atoms with E-state index in [-0.39, 0.29) is 24.8 Å². The first-order chi connectivity index (χ1) is 7.46. The van der Waals surface area contributed by atoms with Crippen molar-refractivity contribution >= 4 is 0 Å². The molecule has 2 fully saturated rings. The molecule has 0 aliphatic carbocycles. The number of ether oxygens (including phenoxy) is 1. The molecule has 0 amide bonds. The van der Waals surface area contributed by atoms with Crippen LogP contribution in [-0.4, -0.2) is 47.7 Å². The molecule has 2 aliphatic rings. The molecule has 0 aromatic rings. The highest BCUT2D eigenvalue weighted by Gasteiger charge is 2.40. The van der Waals surface area contributed by atoms with Crippen LogP contribution < -0.4 is 0 Å². The number of rotatable bonds is 3. The number of hydrogen-bond donors (Lipinski definition) is 1. The fourth-order valence-electron chi connectivity index (χ4n) is 2.88. The molecule has 2 atom stereocenters. The highest BCUT2D eigenvalue weighted by molar-refractivity contribution is 4.94. The average molecular weight is 239 g/mol. The molecule has 0 radical (unpaired) electrons. The molecule has 2 saturated heterocycles. The molecule has 0 aromatic heterocycles. The highest BCUT2D eigenvalue weighted by Crippen LogP contribution is 2.35. The minimum atomic E-state index is -4.53. The lowest BCUT2D eigenvalue weighted by Crippen LogP contribution is -2.46. The van der Waals surface area contributed by atoms with Crippen LogP contribution in [0.15, 0.2) is 0 Å². The summed E-state index contributed by atoms with van der Waals surface area (Å²) in [7, 11) is 0. The van der Waals surface area contributed by atoms with Gasteiger partial charge in [-0.1, -0.05) is 0 Å². The summed E-state index contributed by atoms with van der Waals surface area (Å²) in [5.74, 6) is 0. The Kier molecular flexibility index (Phi) is 3.42. The van der Waals surface area contributed by atoms with Gasteiger partial charge in [-0.25, -0.2) is 0 Å². The zero-order chi connectivity index (χ0) is 11.8. The van der Waals surface area contributed by atoms with Crippen molar-refractivity contribution in [2.45, 2.75) is 50.2 Å². The van der Waals surface area contributed by atoms with Crippen molar-refractivity contribution in [2.75, 3.05) is 13.2 Å². The Morgan fingerprint density at radius 3 is 2.25 bits per heavy atom. The molecular formula is C10H16F3NO2. The standard InChI is InChI=1S/C10H16F3NO2/c11-10(12,13)16-4-3-14-7-1-2-8(14)6-9(15)5-7/h7-9,15H,1-6H2. The lowest BCUT2D eigenvalue weighted by molar-refractivity contribution is -0.325. The zero-order valence-corrected chi connectivity index (χ0v) is 8.91. The van der Waals surface area contributed by atoms with Crippen LogP contribution >= 0.6 is 0 Å². The van der Waals surface area contributed by atoms with Crippen molar-refractivity contribution in [3.63, 3.8) is 0 Å². The third-order valence-corrected chi connectivity index (χ3v) is 3.47. The Morgan fingerprint density at radius 2 is 1.75 bits per heavy atom. The van der Waals surface area contributed by atoms with Crippen molar-refractivity contribution in [3.05, 3.63) is 0 Å². The van der Waals surface area contributed by atoms with Gasteiger partial charge in [0.2, 0.25) is 0 Å². The Bertz CT molecular complexity index is 233. The number of fused-ring (bicyclic) bond motifs is 2. The zero-order valence-electron chi connectivity index (χ0n) is 8.91. The molecule has 0 spiro atoms. The van der Waals surface area contributed by atoms with Crippen molar-refractivity contribution < 1.29 is 23.0 Å². The molecular weight excluding hydrogens is 223 g/mol. The molecule has 94 valence electrons. The summed E-state index contributed by atoms with van der Waals surface area (Å²) in [4.78, 5) is 2.05. The van der Waals surface area contributed by atoms with E-state index in [0.29, 0.717) is 19.4 Å². The van der Waals surface area contributed by atoms with Gasteiger partial charge in [0.25, 0.3) is 0 Å². The monoisotopic (exact) mass is 239 g/mol. The molecule has 0 saturated carbocycles. The van der Waals surface area contributed by atoms with Gasteiger partial charge < -0.3 is 5.11 Å². The van der Waals surface area contributed by atoms with E-state index in [1.165, 1.54) is 0 Å². The van der Waals surface area contributed by atoms with Gasteiger partial charge >= 0.3 is 6.36 Å². The van der Waals surface area contributed by atoms with Crippen LogP contribution in [0.25, 0.3) is 0 Å². The van der Waals surface area contributed by atoms with Crippen LogP contribution in [0.2, 0.25) is 0 Å². The lowest BCUT2D eigenvalue weighted by Gasteiger charge is -2.37. The maximum Gasteiger partial charge on any atom is 0.522 e. The third-order valence-electron chi connectivity index (χ3n) is 3.47. The van der Waals surface area contributed by atoms with Crippen LogP contribution in [-0.2, 0) is 4.74 Å². The number of aliphatic hydroxyl groups is 1. The van der Waals surface area contributed by atoms with E-state index >= 15 is 0 Å². The van der Waals surface area contributed by atoms with Gasteiger partial charge in [0.15, 0.2) is 0 Å². The van der Waals surface area contributed by atoms with E-state index in [1.807, 2.05) is 0 Å². The van der Waals surface area contributed by atoms with E-state index in [2.05, 4.69) is 9.64 Å². The van der Waals surface area contributed by atoms with E-state index in [9.17, 15) is 18.3 Å². The topological polar surface area (TPSA) is 32.7 Å². The number of aliphatic hydroxyl groups excluding tert-OH is 1. The average Bonchev–Trinajstić information content (AvgIpc) is 2.41. The third kappa shape index (κ3) is 2.87. The predicted molar refractivity (Wildman–Crippen MR) is 50.8 cm³/mol. The minimum absolute atomic E-state index is 0.241. The highest BCUT2D eigenvalue weighted by atomic mass is 19.4. The van der Waals surface area contributed by atoms with E-state index < -0.39 is 6.36 Å². The molecule has 2 rings (SSSR count). The molecule has 0 aromatic carbocycles. The Balaban J connectivity index is 1.79. The van der Waals surface area contributed by atoms with Crippen LogP contribution in [0.5, 0.6) is 0 Å². The fourth-order valence-corrected chi connectivity index (χ4v) is 2.88. The van der Waals surface area contributed by atoms with Crippen LogP contribution in [0, 0.1) is 0 Å². The van der Waals surface area contributed by atoms with Gasteiger partial charge in [-0.15, -0.1) is 13.2 Å². The maximum absolute atomic E-state index is 11.8. The van der Waals surface area contributed by atoms with Crippen molar-refractivity contribution in [2.24, 2.45) is 0 Å². The molecule has 1 N–H and O–H groups in total. The molecule has 6 heteroatoms. The first-order valence-electron chi connectivity index (χ1n) is 5.60. The summed E-state index contributed by atoms with van der Waals surface area (Å²) in [5.41, 5.74) is 0. The molecule has 2 bridgehead atoms. The number of nitrogens with zero attached hydrogens (tertiary/aromatic N) is 1. The van der Waals surface area contributed by atoms with Crippen molar-refractivity contribution in [1.29, 1.82) is 0 Å².